The molecule has 0 saturated heterocycles. The van der Waals surface area contributed by atoms with Crippen LogP contribution in [0.1, 0.15) is 51.5 Å². The lowest BCUT2D eigenvalue weighted by molar-refractivity contribution is 0.0210. The molecule has 1 aromatic carbocycles. The van der Waals surface area contributed by atoms with E-state index >= 15 is 0 Å². The van der Waals surface area contributed by atoms with Crippen molar-refractivity contribution in [3.63, 3.8) is 0 Å². The van der Waals surface area contributed by atoms with Crippen LogP contribution in [0.3, 0.4) is 0 Å². The lowest BCUT2D eigenvalue weighted by atomic mass is 9.52. The van der Waals surface area contributed by atoms with E-state index in [9.17, 15) is 0 Å². The molecule has 19 heavy (non-hydrogen) atoms. The van der Waals surface area contributed by atoms with Crippen LogP contribution in [0.5, 0.6) is 0 Å². The molecule has 2 unspecified atom stereocenters. The summed E-state index contributed by atoms with van der Waals surface area (Å²) in [5, 5.41) is 4.96. The van der Waals surface area contributed by atoms with Crippen LogP contribution in [0.2, 0.25) is 10.0 Å². The molecule has 2 atom stereocenters. The predicted molar refractivity (Wildman–Crippen MR) is 84.3 cm³/mol. The summed E-state index contributed by atoms with van der Waals surface area (Å²) < 4.78 is 0. The molecule has 1 N–H and O–H groups in total. The maximum absolute atomic E-state index is 6.17. The smallest absolute Gasteiger partial charge is 0.0595 e. The quantitative estimate of drug-likeness (QED) is 0.781. The van der Waals surface area contributed by atoms with Crippen LogP contribution in [0.15, 0.2) is 18.2 Å². The second-order valence-electron chi connectivity index (χ2n) is 5.51. The van der Waals surface area contributed by atoms with Crippen molar-refractivity contribution in [3.8, 4) is 0 Å². The van der Waals surface area contributed by atoms with Gasteiger partial charge in [-0.3, -0.25) is 0 Å². The molecule has 0 bridgehead atoms. The van der Waals surface area contributed by atoms with Crippen molar-refractivity contribution in [2.75, 3.05) is 6.54 Å². The van der Waals surface area contributed by atoms with Gasteiger partial charge in [-0.2, -0.15) is 0 Å². The fraction of sp³-hybridized carbons (Fsp3) is 0.625. The number of benzene rings is 1. The molecule has 0 heterocycles. The van der Waals surface area contributed by atoms with Crippen molar-refractivity contribution in [2.45, 2.75) is 52.0 Å². The van der Waals surface area contributed by atoms with Gasteiger partial charge in [0.1, 0.15) is 0 Å². The average Bonchev–Trinajstić information content (AvgIpc) is 2.39. The molecular formula is C16H23Cl2N. The Kier molecular flexibility index (Phi) is 4.81. The molecule has 0 aromatic heterocycles. The fourth-order valence-electron chi connectivity index (χ4n) is 3.75. The average molecular weight is 300 g/mol. The summed E-state index contributed by atoms with van der Waals surface area (Å²) in [5.74, 6) is 0.598. The minimum absolute atomic E-state index is 0.368. The van der Waals surface area contributed by atoms with Crippen LogP contribution in [-0.4, -0.2) is 12.6 Å². The number of hydrogen-bond donors (Lipinski definition) is 1. The van der Waals surface area contributed by atoms with Crippen molar-refractivity contribution >= 4 is 23.2 Å². The standard InChI is InChI=1S/C16H23Cl2N/c1-4-16(5-2)12(10-15(16)19-6-3)11-7-8-13(17)14(18)9-11/h7-9,12,15,19H,4-6,10H2,1-3H3. The SMILES string of the molecule is CCNC1CC(c2ccc(Cl)c(Cl)c2)C1(CC)CC. The Morgan fingerprint density at radius 2 is 1.84 bits per heavy atom. The lowest BCUT2D eigenvalue weighted by Crippen LogP contribution is -2.58. The molecule has 1 aromatic rings. The first-order valence-electron chi connectivity index (χ1n) is 7.27. The van der Waals surface area contributed by atoms with Crippen LogP contribution in [0.4, 0.5) is 0 Å². The minimum Gasteiger partial charge on any atom is -0.314 e. The molecule has 0 radical (unpaired) electrons. The van der Waals surface area contributed by atoms with Crippen molar-refractivity contribution in [2.24, 2.45) is 5.41 Å². The third-order valence-corrected chi connectivity index (χ3v) is 5.71. The Morgan fingerprint density at radius 3 is 2.37 bits per heavy atom. The van der Waals surface area contributed by atoms with Crippen molar-refractivity contribution in [1.29, 1.82) is 0 Å². The Hall–Kier alpha value is -0.240. The van der Waals surface area contributed by atoms with E-state index < -0.39 is 0 Å². The van der Waals surface area contributed by atoms with Gasteiger partial charge in [-0.15, -0.1) is 0 Å². The van der Waals surface area contributed by atoms with Gasteiger partial charge in [-0.25, -0.2) is 0 Å². The maximum Gasteiger partial charge on any atom is 0.0595 e. The third kappa shape index (κ3) is 2.53. The van der Waals surface area contributed by atoms with Gasteiger partial charge in [-0.05, 0) is 54.8 Å². The molecule has 1 fully saturated rings. The Labute approximate surface area is 126 Å². The number of nitrogens with one attached hydrogen (secondary N) is 1. The second kappa shape index (κ2) is 6.03. The summed E-state index contributed by atoms with van der Waals surface area (Å²) in [6, 6.07) is 6.75. The van der Waals surface area contributed by atoms with E-state index in [4.69, 9.17) is 23.2 Å². The molecule has 0 spiro atoms. The molecule has 1 aliphatic rings. The predicted octanol–water partition coefficient (Wildman–Crippen LogP) is 5.27. The highest BCUT2D eigenvalue weighted by atomic mass is 35.5. The summed E-state index contributed by atoms with van der Waals surface area (Å²) in [4.78, 5) is 0. The first-order valence-corrected chi connectivity index (χ1v) is 8.03. The van der Waals surface area contributed by atoms with Gasteiger partial charge < -0.3 is 5.32 Å². The summed E-state index contributed by atoms with van der Waals surface area (Å²) in [7, 11) is 0. The molecule has 1 nitrogen and oxygen atoms in total. The van der Waals surface area contributed by atoms with Crippen LogP contribution in [0.25, 0.3) is 0 Å². The van der Waals surface area contributed by atoms with Crippen molar-refractivity contribution < 1.29 is 0 Å². The minimum atomic E-state index is 0.368. The Morgan fingerprint density at radius 1 is 1.16 bits per heavy atom. The van der Waals surface area contributed by atoms with Gasteiger partial charge in [0.25, 0.3) is 0 Å². The van der Waals surface area contributed by atoms with Gasteiger partial charge in [0.15, 0.2) is 0 Å². The van der Waals surface area contributed by atoms with Gasteiger partial charge in [0, 0.05) is 6.04 Å². The van der Waals surface area contributed by atoms with E-state index in [0.717, 1.165) is 6.54 Å². The van der Waals surface area contributed by atoms with Crippen LogP contribution >= 0.6 is 23.2 Å². The van der Waals surface area contributed by atoms with E-state index in [1.165, 1.54) is 24.8 Å². The summed E-state index contributed by atoms with van der Waals surface area (Å²) in [5.41, 5.74) is 1.71. The Bertz CT molecular complexity index is 440. The van der Waals surface area contributed by atoms with Crippen LogP contribution in [-0.2, 0) is 0 Å². The molecule has 3 heteroatoms. The molecule has 0 amide bonds. The Balaban J connectivity index is 2.27. The van der Waals surface area contributed by atoms with Gasteiger partial charge in [-0.1, -0.05) is 50.0 Å². The van der Waals surface area contributed by atoms with E-state index in [-0.39, 0.29) is 0 Å². The molecule has 1 saturated carbocycles. The van der Waals surface area contributed by atoms with Crippen LogP contribution < -0.4 is 5.32 Å². The fourth-order valence-corrected chi connectivity index (χ4v) is 4.06. The zero-order chi connectivity index (χ0) is 14.0. The largest absolute Gasteiger partial charge is 0.314 e. The monoisotopic (exact) mass is 299 g/mol. The third-order valence-electron chi connectivity index (χ3n) is 4.97. The topological polar surface area (TPSA) is 12.0 Å². The van der Waals surface area contributed by atoms with Gasteiger partial charge in [0.05, 0.1) is 10.0 Å². The zero-order valence-corrected chi connectivity index (χ0v) is 13.5. The summed E-state index contributed by atoms with van der Waals surface area (Å²) in [6.07, 6.45) is 3.60. The van der Waals surface area contributed by atoms with E-state index in [1.54, 1.807) is 0 Å². The highest BCUT2D eigenvalue weighted by molar-refractivity contribution is 6.42. The molecule has 0 aliphatic heterocycles. The highest BCUT2D eigenvalue weighted by Gasteiger charge is 2.52. The maximum atomic E-state index is 6.17. The van der Waals surface area contributed by atoms with E-state index in [0.29, 0.717) is 27.4 Å². The number of hydrogen-bond acceptors (Lipinski definition) is 1. The van der Waals surface area contributed by atoms with Gasteiger partial charge >= 0.3 is 0 Å². The van der Waals surface area contributed by atoms with Gasteiger partial charge in [0.2, 0.25) is 0 Å². The van der Waals surface area contributed by atoms with Crippen LogP contribution in [0, 0.1) is 5.41 Å². The zero-order valence-electron chi connectivity index (χ0n) is 12.0. The van der Waals surface area contributed by atoms with E-state index in [2.05, 4.69) is 38.2 Å². The molecular weight excluding hydrogens is 277 g/mol. The highest BCUT2D eigenvalue weighted by Crippen LogP contribution is 2.57. The molecule has 1 aliphatic carbocycles. The first kappa shape index (κ1) is 15.2. The summed E-state index contributed by atoms with van der Waals surface area (Å²) in [6.45, 7) is 7.83. The number of halogens is 2. The van der Waals surface area contributed by atoms with E-state index in [1.807, 2.05) is 6.07 Å². The summed E-state index contributed by atoms with van der Waals surface area (Å²) >= 11 is 12.2. The normalized spacial score (nSPS) is 25.1. The van der Waals surface area contributed by atoms with Crippen molar-refractivity contribution in [1.82, 2.24) is 5.32 Å². The first-order chi connectivity index (χ1) is 9.08. The second-order valence-corrected chi connectivity index (χ2v) is 6.33. The number of rotatable bonds is 5. The molecule has 106 valence electrons. The lowest BCUT2D eigenvalue weighted by Gasteiger charge is -2.56. The molecule has 2 rings (SSSR count). The van der Waals surface area contributed by atoms with Crippen molar-refractivity contribution in [3.05, 3.63) is 33.8 Å².